The number of esters is 2. The number of hydrogen-bond donors (Lipinski definition) is 1. The number of fused-ring (bicyclic) bond motifs is 1. The summed E-state index contributed by atoms with van der Waals surface area (Å²) in [4.78, 5) is 34.1. The highest BCUT2D eigenvalue weighted by Crippen LogP contribution is 2.29. The van der Waals surface area contributed by atoms with Crippen molar-refractivity contribution >= 4 is 17.8 Å². The summed E-state index contributed by atoms with van der Waals surface area (Å²) in [6, 6.07) is 5.10. The highest BCUT2D eigenvalue weighted by atomic mass is 16.5. The molecule has 1 unspecified atom stereocenters. The summed E-state index contributed by atoms with van der Waals surface area (Å²) in [6.07, 6.45) is 0.535. The van der Waals surface area contributed by atoms with Gasteiger partial charge >= 0.3 is 11.9 Å². The molecule has 1 aromatic carbocycles. The first-order valence-electron chi connectivity index (χ1n) is 7.25. The Morgan fingerprint density at radius 3 is 2.70 bits per heavy atom. The van der Waals surface area contributed by atoms with E-state index in [-0.39, 0.29) is 24.9 Å². The van der Waals surface area contributed by atoms with E-state index in [2.05, 4.69) is 14.8 Å². The summed E-state index contributed by atoms with van der Waals surface area (Å²) in [5.74, 6) is -0.343. The summed E-state index contributed by atoms with van der Waals surface area (Å²) >= 11 is 0. The van der Waals surface area contributed by atoms with Gasteiger partial charge in [-0.15, -0.1) is 0 Å². The van der Waals surface area contributed by atoms with Gasteiger partial charge < -0.3 is 19.5 Å². The highest BCUT2D eigenvalue weighted by Gasteiger charge is 2.24. The van der Waals surface area contributed by atoms with Crippen molar-refractivity contribution in [2.24, 2.45) is 0 Å². The van der Waals surface area contributed by atoms with Crippen molar-refractivity contribution in [1.82, 2.24) is 5.32 Å². The highest BCUT2D eigenvalue weighted by molar-refractivity contribution is 5.89. The molecule has 1 N–H and O–H groups in total. The Balaban J connectivity index is 1.82. The maximum absolute atomic E-state index is 11.6. The first-order chi connectivity index (χ1) is 11.0. The van der Waals surface area contributed by atoms with Gasteiger partial charge in [0.25, 0.3) is 0 Å². The summed E-state index contributed by atoms with van der Waals surface area (Å²) in [6.45, 7) is 0.336. The molecule has 0 saturated carbocycles. The van der Waals surface area contributed by atoms with Crippen LogP contribution >= 0.6 is 0 Å². The number of amides is 1. The molecular weight excluding hydrogens is 302 g/mol. The average Bonchev–Trinajstić information content (AvgIpc) is 2.98. The quantitative estimate of drug-likeness (QED) is 0.781. The van der Waals surface area contributed by atoms with Gasteiger partial charge in [0, 0.05) is 12.8 Å². The second kappa shape index (κ2) is 7.62. The SMILES string of the molecule is COC(=O)CCC(=O)NCC1Cc2cc(C(=O)OC)ccc2O1. The third kappa shape index (κ3) is 4.45. The molecule has 1 atom stereocenters. The average molecular weight is 321 g/mol. The smallest absolute Gasteiger partial charge is 0.337 e. The van der Waals surface area contributed by atoms with Crippen molar-refractivity contribution < 1.29 is 28.6 Å². The van der Waals surface area contributed by atoms with Gasteiger partial charge in [-0.1, -0.05) is 0 Å². The number of carbonyl (C=O) groups is 3. The fraction of sp³-hybridized carbons (Fsp3) is 0.438. The molecule has 23 heavy (non-hydrogen) atoms. The fourth-order valence-electron chi connectivity index (χ4n) is 2.31. The van der Waals surface area contributed by atoms with Gasteiger partial charge in [0.15, 0.2) is 0 Å². The van der Waals surface area contributed by atoms with Crippen molar-refractivity contribution in [2.45, 2.75) is 25.4 Å². The first-order valence-corrected chi connectivity index (χ1v) is 7.25. The molecule has 0 saturated heterocycles. The molecule has 0 aliphatic carbocycles. The van der Waals surface area contributed by atoms with E-state index in [0.717, 1.165) is 5.56 Å². The number of ether oxygens (including phenoxy) is 3. The Hall–Kier alpha value is -2.57. The van der Waals surface area contributed by atoms with Crippen molar-refractivity contribution in [1.29, 1.82) is 0 Å². The van der Waals surface area contributed by atoms with Crippen LogP contribution in [0.2, 0.25) is 0 Å². The van der Waals surface area contributed by atoms with E-state index in [1.165, 1.54) is 14.2 Å². The molecule has 0 spiro atoms. The number of rotatable bonds is 6. The van der Waals surface area contributed by atoms with E-state index in [9.17, 15) is 14.4 Å². The first kappa shape index (κ1) is 16.8. The third-order valence-electron chi connectivity index (χ3n) is 3.53. The van der Waals surface area contributed by atoms with Gasteiger partial charge in [-0.2, -0.15) is 0 Å². The summed E-state index contributed by atoms with van der Waals surface area (Å²) in [7, 11) is 2.62. The fourth-order valence-corrected chi connectivity index (χ4v) is 2.31. The maximum Gasteiger partial charge on any atom is 0.337 e. The van der Waals surface area contributed by atoms with E-state index < -0.39 is 11.9 Å². The van der Waals surface area contributed by atoms with Gasteiger partial charge in [0.05, 0.1) is 32.7 Å². The van der Waals surface area contributed by atoms with Crippen LogP contribution in [0.4, 0.5) is 0 Å². The maximum atomic E-state index is 11.6. The lowest BCUT2D eigenvalue weighted by Crippen LogP contribution is -2.34. The lowest BCUT2D eigenvalue weighted by Gasteiger charge is -2.11. The van der Waals surface area contributed by atoms with Crippen molar-refractivity contribution in [3.05, 3.63) is 29.3 Å². The summed E-state index contributed by atoms with van der Waals surface area (Å²) in [5.41, 5.74) is 1.37. The Bertz CT molecular complexity index is 613. The Morgan fingerprint density at radius 2 is 2.00 bits per heavy atom. The lowest BCUT2D eigenvalue weighted by molar-refractivity contribution is -0.142. The molecule has 1 aliphatic rings. The van der Waals surface area contributed by atoms with E-state index in [0.29, 0.717) is 24.3 Å². The second-order valence-corrected chi connectivity index (χ2v) is 5.14. The van der Waals surface area contributed by atoms with E-state index >= 15 is 0 Å². The molecule has 0 radical (unpaired) electrons. The molecule has 1 amide bonds. The number of carbonyl (C=O) groups excluding carboxylic acids is 3. The largest absolute Gasteiger partial charge is 0.488 e. The zero-order chi connectivity index (χ0) is 16.8. The Kier molecular flexibility index (Phi) is 5.56. The van der Waals surface area contributed by atoms with Gasteiger partial charge in [-0.25, -0.2) is 4.79 Å². The molecule has 0 fully saturated rings. The lowest BCUT2D eigenvalue weighted by atomic mass is 10.1. The van der Waals surface area contributed by atoms with Crippen molar-refractivity contribution in [3.63, 3.8) is 0 Å². The molecule has 124 valence electrons. The van der Waals surface area contributed by atoms with E-state index in [1.807, 2.05) is 0 Å². The third-order valence-corrected chi connectivity index (χ3v) is 3.53. The predicted octanol–water partition coefficient (Wildman–Crippen LogP) is 0.846. The minimum atomic E-state index is -0.417. The summed E-state index contributed by atoms with van der Waals surface area (Å²) in [5, 5.41) is 2.72. The second-order valence-electron chi connectivity index (χ2n) is 5.14. The summed E-state index contributed by atoms with van der Waals surface area (Å²) < 4.78 is 14.9. The van der Waals surface area contributed by atoms with Crippen LogP contribution in [0, 0.1) is 0 Å². The monoisotopic (exact) mass is 321 g/mol. The number of nitrogens with one attached hydrogen (secondary N) is 1. The molecule has 0 bridgehead atoms. The number of hydrogen-bond acceptors (Lipinski definition) is 6. The minimum Gasteiger partial charge on any atom is -0.488 e. The van der Waals surface area contributed by atoms with Crippen LogP contribution in [-0.4, -0.2) is 44.7 Å². The van der Waals surface area contributed by atoms with Gasteiger partial charge in [0.2, 0.25) is 5.91 Å². The molecular formula is C16H19NO6. The molecule has 7 nitrogen and oxygen atoms in total. The standard InChI is InChI=1S/C16H19NO6/c1-21-15(19)6-5-14(18)17-9-12-8-11-7-10(16(20)22-2)3-4-13(11)23-12/h3-4,7,12H,5-6,8-9H2,1-2H3,(H,17,18). The molecule has 1 heterocycles. The molecule has 0 aromatic heterocycles. The predicted molar refractivity (Wildman–Crippen MR) is 80.2 cm³/mol. The molecule has 1 aliphatic heterocycles. The van der Waals surface area contributed by atoms with E-state index in [4.69, 9.17) is 4.74 Å². The van der Waals surface area contributed by atoms with Crippen LogP contribution in [0.3, 0.4) is 0 Å². The van der Waals surface area contributed by atoms with Crippen molar-refractivity contribution in [2.75, 3.05) is 20.8 Å². The van der Waals surface area contributed by atoms with Gasteiger partial charge in [0.1, 0.15) is 11.9 Å². The molecule has 1 aromatic rings. The Morgan fingerprint density at radius 1 is 1.22 bits per heavy atom. The minimum absolute atomic E-state index is 0.0522. The van der Waals surface area contributed by atoms with Crippen LogP contribution in [0.1, 0.15) is 28.8 Å². The van der Waals surface area contributed by atoms with Crippen LogP contribution in [0.5, 0.6) is 5.75 Å². The van der Waals surface area contributed by atoms with Crippen molar-refractivity contribution in [3.8, 4) is 5.75 Å². The zero-order valence-corrected chi connectivity index (χ0v) is 13.1. The normalized spacial score (nSPS) is 15.3. The Labute approximate surface area is 133 Å². The van der Waals surface area contributed by atoms with Crippen LogP contribution in [-0.2, 0) is 25.5 Å². The van der Waals surface area contributed by atoms with E-state index in [1.54, 1.807) is 18.2 Å². The van der Waals surface area contributed by atoms with Crippen LogP contribution < -0.4 is 10.1 Å². The van der Waals surface area contributed by atoms with Gasteiger partial charge in [-0.05, 0) is 23.8 Å². The number of benzene rings is 1. The van der Waals surface area contributed by atoms with Gasteiger partial charge in [-0.3, -0.25) is 9.59 Å². The number of methoxy groups -OCH3 is 2. The zero-order valence-electron chi connectivity index (χ0n) is 13.1. The molecule has 2 rings (SSSR count). The van der Waals surface area contributed by atoms with Crippen LogP contribution in [0.15, 0.2) is 18.2 Å². The topological polar surface area (TPSA) is 90.9 Å². The van der Waals surface area contributed by atoms with Crippen LogP contribution in [0.25, 0.3) is 0 Å². The molecule has 7 heteroatoms.